The SMILES string of the molecule is CC(=O)NC(c1ccc(O)cc1)[C@@H](C)O. The molecule has 0 saturated carbocycles. The normalized spacial score (nSPS) is 14.3. The number of aliphatic hydroxyl groups is 1. The predicted molar refractivity (Wildman–Crippen MR) is 56.3 cm³/mol. The van der Waals surface area contributed by atoms with E-state index in [1.165, 1.54) is 19.1 Å². The van der Waals surface area contributed by atoms with Crippen LogP contribution in [0, 0.1) is 0 Å². The van der Waals surface area contributed by atoms with Crippen LogP contribution in [0.2, 0.25) is 0 Å². The van der Waals surface area contributed by atoms with Crippen molar-refractivity contribution in [3.05, 3.63) is 29.8 Å². The van der Waals surface area contributed by atoms with Gasteiger partial charge in [-0.3, -0.25) is 4.79 Å². The first-order valence-electron chi connectivity index (χ1n) is 4.75. The Bertz CT molecular complexity index is 332. The fraction of sp³-hybridized carbons (Fsp3) is 0.364. The molecule has 1 rings (SSSR count). The molecule has 4 heteroatoms. The Balaban J connectivity index is 2.88. The third-order valence-electron chi connectivity index (χ3n) is 2.09. The molecule has 0 aromatic heterocycles. The largest absolute Gasteiger partial charge is 0.508 e. The summed E-state index contributed by atoms with van der Waals surface area (Å²) in [4.78, 5) is 10.9. The Morgan fingerprint density at radius 1 is 1.33 bits per heavy atom. The molecule has 1 aromatic rings. The van der Waals surface area contributed by atoms with E-state index in [0.717, 1.165) is 5.56 Å². The lowest BCUT2D eigenvalue weighted by molar-refractivity contribution is -0.120. The van der Waals surface area contributed by atoms with Gasteiger partial charge in [0.25, 0.3) is 0 Å². The van der Waals surface area contributed by atoms with E-state index in [-0.39, 0.29) is 11.7 Å². The van der Waals surface area contributed by atoms with E-state index in [1.54, 1.807) is 19.1 Å². The predicted octanol–water partition coefficient (Wildman–Crippen LogP) is 0.950. The summed E-state index contributed by atoms with van der Waals surface area (Å²) in [6, 6.07) is 5.94. The molecular weight excluding hydrogens is 194 g/mol. The van der Waals surface area contributed by atoms with E-state index < -0.39 is 12.1 Å². The number of carbonyl (C=O) groups excluding carboxylic acids is 1. The quantitative estimate of drug-likeness (QED) is 0.694. The first-order chi connectivity index (χ1) is 7.00. The molecular formula is C11H15NO3. The van der Waals surface area contributed by atoms with Gasteiger partial charge in [-0.25, -0.2) is 0 Å². The second-order valence-electron chi connectivity index (χ2n) is 3.51. The molecule has 15 heavy (non-hydrogen) atoms. The Kier molecular flexibility index (Phi) is 3.68. The highest BCUT2D eigenvalue weighted by Gasteiger charge is 2.17. The van der Waals surface area contributed by atoms with Gasteiger partial charge in [-0.1, -0.05) is 12.1 Å². The topological polar surface area (TPSA) is 69.6 Å². The summed E-state index contributed by atoms with van der Waals surface area (Å²) in [5, 5.41) is 21.3. The maximum absolute atomic E-state index is 10.9. The van der Waals surface area contributed by atoms with E-state index in [9.17, 15) is 9.90 Å². The van der Waals surface area contributed by atoms with Crippen LogP contribution in [-0.2, 0) is 4.79 Å². The average molecular weight is 209 g/mol. The highest BCUT2D eigenvalue weighted by Crippen LogP contribution is 2.19. The molecule has 1 unspecified atom stereocenters. The van der Waals surface area contributed by atoms with E-state index in [1.807, 2.05) is 0 Å². The number of phenols is 1. The molecule has 82 valence electrons. The number of rotatable bonds is 3. The smallest absolute Gasteiger partial charge is 0.217 e. The van der Waals surface area contributed by atoms with Gasteiger partial charge in [0.1, 0.15) is 5.75 Å². The summed E-state index contributed by atoms with van der Waals surface area (Å²) in [6.45, 7) is 3.00. The van der Waals surface area contributed by atoms with E-state index in [4.69, 9.17) is 5.11 Å². The van der Waals surface area contributed by atoms with E-state index in [2.05, 4.69) is 5.32 Å². The van der Waals surface area contributed by atoms with E-state index in [0.29, 0.717) is 0 Å². The van der Waals surface area contributed by atoms with Crippen molar-refractivity contribution in [3.63, 3.8) is 0 Å². The van der Waals surface area contributed by atoms with Crippen LogP contribution in [0.15, 0.2) is 24.3 Å². The number of carbonyl (C=O) groups is 1. The Hall–Kier alpha value is -1.55. The molecule has 3 N–H and O–H groups in total. The van der Waals surface area contributed by atoms with Crippen molar-refractivity contribution in [2.75, 3.05) is 0 Å². The van der Waals surface area contributed by atoms with Gasteiger partial charge in [-0.15, -0.1) is 0 Å². The molecule has 0 spiro atoms. The number of amides is 1. The number of nitrogens with one attached hydrogen (secondary N) is 1. The van der Waals surface area contributed by atoms with Crippen LogP contribution in [-0.4, -0.2) is 22.2 Å². The van der Waals surface area contributed by atoms with Crippen molar-refractivity contribution in [1.82, 2.24) is 5.32 Å². The van der Waals surface area contributed by atoms with Crippen molar-refractivity contribution in [2.24, 2.45) is 0 Å². The highest BCUT2D eigenvalue weighted by atomic mass is 16.3. The van der Waals surface area contributed by atoms with Gasteiger partial charge in [-0.2, -0.15) is 0 Å². The Labute approximate surface area is 88.6 Å². The summed E-state index contributed by atoms with van der Waals surface area (Å²) in [5.41, 5.74) is 0.762. The standard InChI is InChI=1S/C11H15NO3/c1-7(13)11(12-8(2)14)9-3-5-10(15)6-4-9/h3-7,11,13,15H,1-2H3,(H,12,14)/t7-,11?/m1/s1. The van der Waals surface area contributed by atoms with Crippen molar-refractivity contribution in [1.29, 1.82) is 0 Å². The van der Waals surface area contributed by atoms with Crippen LogP contribution in [0.3, 0.4) is 0 Å². The lowest BCUT2D eigenvalue weighted by atomic mass is 10.0. The number of phenolic OH excluding ortho intramolecular Hbond substituents is 1. The number of aliphatic hydroxyl groups excluding tert-OH is 1. The molecule has 2 atom stereocenters. The molecule has 0 aliphatic rings. The molecule has 0 fully saturated rings. The molecule has 0 bridgehead atoms. The van der Waals surface area contributed by atoms with Crippen LogP contribution in [0.4, 0.5) is 0 Å². The Morgan fingerprint density at radius 3 is 2.27 bits per heavy atom. The maximum atomic E-state index is 10.9. The zero-order valence-electron chi connectivity index (χ0n) is 8.77. The monoisotopic (exact) mass is 209 g/mol. The second-order valence-corrected chi connectivity index (χ2v) is 3.51. The highest BCUT2D eigenvalue weighted by molar-refractivity contribution is 5.73. The second kappa shape index (κ2) is 4.79. The van der Waals surface area contributed by atoms with Crippen LogP contribution in [0.25, 0.3) is 0 Å². The van der Waals surface area contributed by atoms with E-state index >= 15 is 0 Å². The van der Waals surface area contributed by atoms with Crippen LogP contribution >= 0.6 is 0 Å². The third-order valence-corrected chi connectivity index (χ3v) is 2.09. The van der Waals surface area contributed by atoms with Gasteiger partial charge in [0.15, 0.2) is 0 Å². The van der Waals surface area contributed by atoms with Crippen molar-refractivity contribution in [3.8, 4) is 5.75 Å². The molecule has 1 aromatic carbocycles. The van der Waals surface area contributed by atoms with Gasteiger partial charge >= 0.3 is 0 Å². The minimum absolute atomic E-state index is 0.158. The molecule has 0 heterocycles. The van der Waals surface area contributed by atoms with Crippen molar-refractivity contribution in [2.45, 2.75) is 26.0 Å². The summed E-state index contributed by atoms with van der Waals surface area (Å²) in [5.74, 6) is -0.0418. The summed E-state index contributed by atoms with van der Waals surface area (Å²) in [6.07, 6.45) is -0.682. The van der Waals surface area contributed by atoms with Gasteiger partial charge in [0.2, 0.25) is 5.91 Å². The summed E-state index contributed by atoms with van der Waals surface area (Å²) < 4.78 is 0. The first kappa shape index (κ1) is 11.5. The zero-order chi connectivity index (χ0) is 11.4. The number of benzene rings is 1. The fourth-order valence-corrected chi connectivity index (χ4v) is 1.38. The molecule has 0 aliphatic carbocycles. The summed E-state index contributed by atoms with van der Waals surface area (Å²) in [7, 11) is 0. The fourth-order valence-electron chi connectivity index (χ4n) is 1.38. The molecule has 1 amide bonds. The van der Waals surface area contributed by atoms with Crippen molar-refractivity contribution >= 4 is 5.91 Å². The third kappa shape index (κ3) is 3.25. The van der Waals surface area contributed by atoms with Crippen LogP contribution in [0.5, 0.6) is 5.75 Å². The lowest BCUT2D eigenvalue weighted by Gasteiger charge is -2.21. The average Bonchev–Trinajstić information content (AvgIpc) is 2.15. The maximum Gasteiger partial charge on any atom is 0.217 e. The summed E-state index contributed by atoms with van der Waals surface area (Å²) >= 11 is 0. The van der Waals surface area contributed by atoms with Gasteiger partial charge in [-0.05, 0) is 24.6 Å². The lowest BCUT2D eigenvalue weighted by Crippen LogP contribution is -2.33. The van der Waals surface area contributed by atoms with Crippen molar-refractivity contribution < 1.29 is 15.0 Å². The first-order valence-corrected chi connectivity index (χ1v) is 4.75. The Morgan fingerprint density at radius 2 is 1.87 bits per heavy atom. The van der Waals surface area contributed by atoms with Gasteiger partial charge in [0, 0.05) is 6.92 Å². The van der Waals surface area contributed by atoms with Gasteiger partial charge in [0.05, 0.1) is 12.1 Å². The zero-order valence-corrected chi connectivity index (χ0v) is 8.77. The molecule has 0 radical (unpaired) electrons. The van der Waals surface area contributed by atoms with Crippen LogP contribution < -0.4 is 5.32 Å². The minimum Gasteiger partial charge on any atom is -0.508 e. The molecule has 0 aliphatic heterocycles. The molecule has 4 nitrogen and oxygen atoms in total. The minimum atomic E-state index is -0.682. The number of hydrogen-bond acceptors (Lipinski definition) is 3. The number of aromatic hydroxyl groups is 1. The molecule has 0 saturated heterocycles. The van der Waals surface area contributed by atoms with Crippen LogP contribution in [0.1, 0.15) is 25.5 Å². The van der Waals surface area contributed by atoms with Gasteiger partial charge < -0.3 is 15.5 Å². The number of hydrogen-bond donors (Lipinski definition) is 3.